The number of aliphatic hydroxyl groups is 1. The van der Waals surface area contributed by atoms with Crippen LogP contribution in [0.15, 0.2) is 182 Å². The van der Waals surface area contributed by atoms with E-state index in [1.165, 1.54) is 0 Å². The van der Waals surface area contributed by atoms with Crippen molar-refractivity contribution in [3.8, 4) is 0 Å². The summed E-state index contributed by atoms with van der Waals surface area (Å²) >= 11 is 0. The predicted octanol–water partition coefficient (Wildman–Crippen LogP) is 8.59. The summed E-state index contributed by atoms with van der Waals surface area (Å²) in [6.07, 6.45) is -7.18. The minimum atomic E-state index is -1.27. The Morgan fingerprint density at radius 3 is 1.05 bits per heavy atom. The van der Waals surface area contributed by atoms with Gasteiger partial charge in [-0.1, -0.05) is 182 Å². The third-order valence-corrected chi connectivity index (χ3v) is 11.1. The fourth-order valence-electron chi connectivity index (χ4n) is 7.83. The molecule has 0 bridgehead atoms. The fraction of sp³-hybridized carbons (Fsp3) is 0.321. The second-order valence-electron chi connectivity index (χ2n) is 15.7. The van der Waals surface area contributed by atoms with E-state index in [4.69, 9.17) is 42.6 Å². The van der Waals surface area contributed by atoms with Crippen molar-refractivity contribution in [1.29, 1.82) is 0 Å². The van der Waals surface area contributed by atoms with Gasteiger partial charge in [0.25, 0.3) is 0 Å². The van der Waals surface area contributed by atoms with Crippen molar-refractivity contribution in [1.82, 2.24) is 0 Å². The van der Waals surface area contributed by atoms with E-state index in [1.54, 1.807) is 0 Å². The average molecular weight is 853 g/mol. The van der Waals surface area contributed by atoms with E-state index in [2.05, 4.69) is 0 Å². The molecule has 10 nitrogen and oxygen atoms in total. The number of ether oxygens (including phenoxy) is 9. The highest BCUT2D eigenvalue weighted by Crippen LogP contribution is 2.34. The summed E-state index contributed by atoms with van der Waals surface area (Å²) in [7, 11) is 0. The van der Waals surface area contributed by atoms with Crippen LogP contribution in [0.1, 0.15) is 33.4 Å². The van der Waals surface area contributed by atoms with Gasteiger partial charge in [0.15, 0.2) is 12.6 Å². The van der Waals surface area contributed by atoms with Gasteiger partial charge in [0.1, 0.15) is 42.7 Å². The average Bonchev–Trinajstić information content (AvgIpc) is 3.65. The molecule has 0 aromatic heterocycles. The SMILES string of the molecule is O[C@@H]1O[C@H](CO[C@@H]2O[C@H](COCc3ccccc3)[C@@H](OCc3ccccc3)[C@H](OCc3ccccc3)[C@H]2OCc2ccccc2)[C@@H](OCc2ccccc2)[C@@H]1OCc1ccccc1. The van der Waals surface area contributed by atoms with E-state index in [0.717, 1.165) is 33.4 Å². The second kappa shape index (κ2) is 23.6. The molecular formula is C53H56O10. The Hall–Kier alpha value is -5.08. The van der Waals surface area contributed by atoms with E-state index in [9.17, 15) is 5.11 Å². The van der Waals surface area contributed by atoms with Crippen LogP contribution in [0.5, 0.6) is 0 Å². The lowest BCUT2D eigenvalue weighted by Crippen LogP contribution is -2.62. The first-order chi connectivity index (χ1) is 31.2. The number of benzene rings is 6. The summed E-state index contributed by atoms with van der Waals surface area (Å²) in [4.78, 5) is 0. The zero-order chi connectivity index (χ0) is 42.9. The maximum Gasteiger partial charge on any atom is 0.187 e. The number of hydrogen-bond donors (Lipinski definition) is 1. The quantitative estimate of drug-likeness (QED) is 0.0715. The Labute approximate surface area is 370 Å². The molecule has 2 fully saturated rings. The summed E-state index contributed by atoms with van der Waals surface area (Å²) < 4.78 is 59.7. The van der Waals surface area contributed by atoms with Gasteiger partial charge in [-0.25, -0.2) is 0 Å². The minimum absolute atomic E-state index is 0.0177. The van der Waals surface area contributed by atoms with Crippen LogP contribution in [0.25, 0.3) is 0 Å². The highest BCUT2D eigenvalue weighted by atomic mass is 16.7. The maximum atomic E-state index is 11.4. The largest absolute Gasteiger partial charge is 0.374 e. The molecule has 2 aliphatic heterocycles. The Balaban J connectivity index is 1.08. The lowest BCUT2D eigenvalue weighted by molar-refractivity contribution is -0.332. The standard InChI is InChI=1S/C53H56O10/c54-52-50(59-35-43-27-15-5-16-28-43)48(57-33-41-23-11-3-12-24-41)46(62-52)38-61-53-51(60-36-44-29-17-6-18-30-44)49(58-34-42-25-13-4-14-26-42)47(56-32-40-21-9-2-10-22-40)45(63-53)37-55-31-39-19-7-1-8-20-39/h1-30,45-54H,31-38H2/t45-,46-,47-,48-,49+,50+,51-,52-,53-/m1/s1. The monoisotopic (exact) mass is 852 g/mol. The predicted molar refractivity (Wildman–Crippen MR) is 237 cm³/mol. The lowest BCUT2D eigenvalue weighted by Gasteiger charge is -2.46. The Kier molecular flexibility index (Phi) is 16.7. The van der Waals surface area contributed by atoms with Crippen LogP contribution in [0.4, 0.5) is 0 Å². The summed E-state index contributed by atoms with van der Waals surface area (Å²) in [6, 6.07) is 59.7. The summed E-state index contributed by atoms with van der Waals surface area (Å²) in [5.41, 5.74) is 5.95. The van der Waals surface area contributed by atoms with Gasteiger partial charge in [0.05, 0.1) is 52.9 Å². The van der Waals surface area contributed by atoms with Crippen molar-refractivity contribution in [3.63, 3.8) is 0 Å². The van der Waals surface area contributed by atoms with Crippen LogP contribution in [0, 0.1) is 0 Å². The third-order valence-electron chi connectivity index (χ3n) is 11.1. The van der Waals surface area contributed by atoms with Crippen LogP contribution < -0.4 is 0 Å². The molecule has 2 heterocycles. The molecule has 2 aliphatic rings. The molecule has 6 aromatic rings. The molecule has 0 aliphatic carbocycles. The molecule has 0 saturated carbocycles. The van der Waals surface area contributed by atoms with Gasteiger partial charge in [0.2, 0.25) is 0 Å². The highest BCUT2D eigenvalue weighted by molar-refractivity contribution is 5.18. The molecule has 0 spiro atoms. The molecule has 0 radical (unpaired) electrons. The maximum absolute atomic E-state index is 11.4. The summed E-state index contributed by atoms with van der Waals surface area (Å²) in [5.74, 6) is 0. The van der Waals surface area contributed by atoms with Gasteiger partial charge in [-0.05, 0) is 33.4 Å². The smallest absolute Gasteiger partial charge is 0.187 e. The zero-order valence-electron chi connectivity index (χ0n) is 35.3. The molecule has 0 amide bonds. The molecule has 10 heteroatoms. The van der Waals surface area contributed by atoms with Crippen LogP contribution in [-0.2, 0) is 82.3 Å². The molecule has 0 unspecified atom stereocenters. The van der Waals surface area contributed by atoms with Gasteiger partial charge in [-0.2, -0.15) is 0 Å². The Morgan fingerprint density at radius 2 is 0.635 bits per heavy atom. The Morgan fingerprint density at radius 1 is 0.317 bits per heavy atom. The first kappa shape index (κ1) is 44.5. The third kappa shape index (κ3) is 13.0. The van der Waals surface area contributed by atoms with E-state index in [0.29, 0.717) is 19.8 Å². The normalized spacial score (nSPS) is 24.6. The number of hydrogen-bond acceptors (Lipinski definition) is 10. The van der Waals surface area contributed by atoms with E-state index in [-0.39, 0.29) is 33.0 Å². The molecule has 8 rings (SSSR count). The second-order valence-corrected chi connectivity index (χ2v) is 15.7. The van der Waals surface area contributed by atoms with Gasteiger partial charge in [-0.3, -0.25) is 0 Å². The van der Waals surface area contributed by atoms with E-state index in [1.807, 2.05) is 182 Å². The topological polar surface area (TPSA) is 103 Å². The van der Waals surface area contributed by atoms with Crippen molar-refractivity contribution >= 4 is 0 Å². The molecule has 2 saturated heterocycles. The Bertz CT molecular complexity index is 2150. The van der Waals surface area contributed by atoms with Crippen molar-refractivity contribution in [2.24, 2.45) is 0 Å². The molecule has 1 N–H and O–H groups in total. The van der Waals surface area contributed by atoms with Crippen molar-refractivity contribution in [3.05, 3.63) is 215 Å². The molecular weight excluding hydrogens is 797 g/mol. The first-order valence-corrected chi connectivity index (χ1v) is 21.7. The summed E-state index contributed by atoms with van der Waals surface area (Å²) in [6.45, 7) is 1.95. The van der Waals surface area contributed by atoms with Crippen LogP contribution in [0.3, 0.4) is 0 Å². The van der Waals surface area contributed by atoms with Gasteiger partial charge >= 0.3 is 0 Å². The van der Waals surface area contributed by atoms with Crippen LogP contribution in [0.2, 0.25) is 0 Å². The van der Waals surface area contributed by atoms with Gasteiger partial charge in [-0.15, -0.1) is 0 Å². The van der Waals surface area contributed by atoms with Gasteiger partial charge < -0.3 is 47.7 Å². The van der Waals surface area contributed by atoms with Crippen molar-refractivity contribution < 1.29 is 47.7 Å². The lowest BCUT2D eigenvalue weighted by atomic mass is 9.97. The van der Waals surface area contributed by atoms with E-state index < -0.39 is 55.3 Å². The molecule has 6 aromatic carbocycles. The first-order valence-electron chi connectivity index (χ1n) is 21.7. The fourth-order valence-corrected chi connectivity index (χ4v) is 7.83. The van der Waals surface area contributed by atoms with Crippen LogP contribution in [-0.4, -0.2) is 73.6 Å². The van der Waals surface area contributed by atoms with Crippen molar-refractivity contribution in [2.75, 3.05) is 13.2 Å². The zero-order valence-corrected chi connectivity index (χ0v) is 35.3. The molecule has 328 valence electrons. The number of rotatable bonds is 22. The molecule has 63 heavy (non-hydrogen) atoms. The van der Waals surface area contributed by atoms with Crippen molar-refractivity contribution in [2.45, 2.75) is 94.9 Å². The van der Waals surface area contributed by atoms with E-state index >= 15 is 0 Å². The highest BCUT2D eigenvalue weighted by Gasteiger charge is 2.51. The van der Waals surface area contributed by atoms with Crippen LogP contribution >= 0.6 is 0 Å². The molecule has 9 atom stereocenters. The van der Waals surface area contributed by atoms with Gasteiger partial charge in [0, 0.05) is 0 Å². The minimum Gasteiger partial charge on any atom is -0.374 e. The number of aliphatic hydroxyl groups excluding tert-OH is 1. The summed E-state index contributed by atoms with van der Waals surface area (Å²) in [5, 5.41) is 11.4.